The first-order valence-electron chi connectivity index (χ1n) is 16.0. The van der Waals surface area contributed by atoms with Gasteiger partial charge in [0, 0.05) is 10.5 Å². The maximum Gasteiger partial charge on any atom is 0.00810 e. The summed E-state index contributed by atoms with van der Waals surface area (Å²) in [6, 6.07) is 32.4. The molecular formula is C38H42S. The summed E-state index contributed by atoms with van der Waals surface area (Å²) in [6.45, 7) is 0. The minimum absolute atomic E-state index is 0.769. The van der Waals surface area contributed by atoms with Crippen LogP contribution in [0.4, 0.5) is 0 Å². The van der Waals surface area contributed by atoms with Gasteiger partial charge in [0.1, 0.15) is 0 Å². The van der Waals surface area contributed by atoms with Gasteiger partial charge in [-0.05, 0) is 120 Å². The number of hydrogen-bond acceptors (Lipinski definition) is 1. The van der Waals surface area contributed by atoms with Gasteiger partial charge in [-0.3, -0.25) is 0 Å². The average Bonchev–Trinajstić information content (AvgIpc) is 3.62. The first-order chi connectivity index (χ1) is 19.3. The Balaban J connectivity index is 1.02. The van der Waals surface area contributed by atoms with E-state index in [1.807, 2.05) is 0 Å². The van der Waals surface area contributed by atoms with Crippen molar-refractivity contribution in [1.82, 2.24) is 0 Å². The second-order valence-electron chi connectivity index (χ2n) is 13.2. The maximum atomic E-state index is 2.50. The lowest BCUT2D eigenvalue weighted by Gasteiger charge is -2.42. The monoisotopic (exact) mass is 530 g/mol. The Bertz CT molecular complexity index is 1350. The Labute approximate surface area is 239 Å². The van der Waals surface area contributed by atoms with Crippen molar-refractivity contribution < 1.29 is 0 Å². The number of rotatable bonds is 4. The molecule has 0 nitrogen and oxygen atoms in total. The summed E-state index contributed by atoms with van der Waals surface area (Å²) < 4.78 is 0. The summed E-state index contributed by atoms with van der Waals surface area (Å²) in [5, 5.41) is 7.67. The van der Waals surface area contributed by atoms with Gasteiger partial charge in [-0.15, -0.1) is 0 Å². The smallest absolute Gasteiger partial charge is 0.00810 e. The van der Waals surface area contributed by atoms with E-state index in [0.717, 1.165) is 46.0 Å². The van der Waals surface area contributed by atoms with Crippen molar-refractivity contribution in [3.63, 3.8) is 0 Å². The van der Waals surface area contributed by atoms with E-state index in [-0.39, 0.29) is 0 Å². The van der Waals surface area contributed by atoms with Crippen molar-refractivity contribution in [1.29, 1.82) is 0 Å². The standard InChI is InChI=1S/C38H42S/c1-3-13-27-25(9-1)11-5-15-29(27)33-21-23-35-31(33)17-7-19-37(35)39-38-20-8-18-32-34(22-24-36(32)38)30-16-6-12-26-10-2-4-14-28(26)30/h1-6,9-16,31-38H,7-8,17-24H2. The van der Waals surface area contributed by atoms with Gasteiger partial charge in [-0.1, -0.05) is 97.8 Å². The lowest BCUT2D eigenvalue weighted by atomic mass is 9.74. The van der Waals surface area contributed by atoms with Gasteiger partial charge in [-0.2, -0.15) is 11.8 Å². The highest BCUT2D eigenvalue weighted by Gasteiger charge is 2.48. The van der Waals surface area contributed by atoms with Crippen LogP contribution < -0.4 is 0 Å². The predicted molar refractivity (Wildman–Crippen MR) is 169 cm³/mol. The molecule has 0 N–H and O–H groups in total. The molecule has 0 spiro atoms. The van der Waals surface area contributed by atoms with E-state index in [0.29, 0.717) is 0 Å². The molecule has 0 aliphatic heterocycles. The van der Waals surface area contributed by atoms with Crippen LogP contribution in [0.5, 0.6) is 0 Å². The van der Waals surface area contributed by atoms with Gasteiger partial charge in [0.25, 0.3) is 0 Å². The number of hydrogen-bond donors (Lipinski definition) is 0. The Kier molecular flexibility index (Phi) is 6.48. The van der Waals surface area contributed by atoms with Crippen LogP contribution in [0, 0.1) is 23.7 Å². The first-order valence-corrected chi connectivity index (χ1v) is 16.9. The molecule has 0 amide bonds. The molecule has 4 aliphatic carbocycles. The summed E-state index contributed by atoms with van der Waals surface area (Å²) in [7, 11) is 0. The van der Waals surface area contributed by atoms with Crippen LogP contribution >= 0.6 is 11.8 Å². The van der Waals surface area contributed by atoms with Gasteiger partial charge in [0.2, 0.25) is 0 Å². The molecule has 0 aromatic heterocycles. The molecule has 39 heavy (non-hydrogen) atoms. The highest BCUT2D eigenvalue weighted by molar-refractivity contribution is 8.00. The number of benzene rings is 4. The van der Waals surface area contributed by atoms with Crippen molar-refractivity contribution in [2.75, 3.05) is 0 Å². The SMILES string of the molecule is c1ccc2c(C3CCC4C(SC5CCCC6C(c7cccc8ccccc78)CCC56)CCCC34)cccc2c1. The van der Waals surface area contributed by atoms with E-state index in [1.54, 1.807) is 11.1 Å². The summed E-state index contributed by atoms with van der Waals surface area (Å²) in [4.78, 5) is 0. The fourth-order valence-electron chi connectivity index (χ4n) is 9.97. The second-order valence-corrected chi connectivity index (χ2v) is 14.7. The van der Waals surface area contributed by atoms with E-state index in [1.165, 1.54) is 85.8 Å². The van der Waals surface area contributed by atoms with Crippen LogP contribution in [-0.4, -0.2) is 10.5 Å². The fourth-order valence-corrected chi connectivity index (χ4v) is 12.1. The topological polar surface area (TPSA) is 0 Å². The highest BCUT2D eigenvalue weighted by atomic mass is 32.2. The molecule has 8 atom stereocenters. The van der Waals surface area contributed by atoms with Crippen LogP contribution in [-0.2, 0) is 0 Å². The minimum Gasteiger partial charge on any atom is -0.155 e. The van der Waals surface area contributed by atoms with Crippen molar-refractivity contribution >= 4 is 33.3 Å². The van der Waals surface area contributed by atoms with Crippen molar-refractivity contribution in [2.45, 2.75) is 86.5 Å². The van der Waals surface area contributed by atoms with Crippen LogP contribution in [0.3, 0.4) is 0 Å². The Morgan fingerprint density at radius 2 is 0.872 bits per heavy atom. The van der Waals surface area contributed by atoms with Crippen molar-refractivity contribution in [3.8, 4) is 0 Å². The third-order valence-corrected chi connectivity index (χ3v) is 13.4. The van der Waals surface area contributed by atoms with Crippen molar-refractivity contribution in [2.24, 2.45) is 23.7 Å². The first kappa shape index (κ1) is 24.5. The van der Waals surface area contributed by atoms with E-state index in [2.05, 4.69) is 96.7 Å². The molecule has 4 saturated carbocycles. The molecule has 4 fully saturated rings. The number of thioether (sulfide) groups is 1. The molecule has 8 rings (SSSR count). The second kappa shape index (κ2) is 10.3. The molecule has 4 aromatic carbocycles. The van der Waals surface area contributed by atoms with Crippen LogP contribution in [0.25, 0.3) is 21.5 Å². The van der Waals surface area contributed by atoms with Gasteiger partial charge >= 0.3 is 0 Å². The summed E-state index contributed by atoms with van der Waals surface area (Å²) in [6.07, 6.45) is 14.4. The molecule has 4 aromatic rings. The van der Waals surface area contributed by atoms with Crippen molar-refractivity contribution in [3.05, 3.63) is 96.1 Å². The average molecular weight is 531 g/mol. The quantitative estimate of drug-likeness (QED) is 0.253. The van der Waals surface area contributed by atoms with E-state index < -0.39 is 0 Å². The van der Waals surface area contributed by atoms with Gasteiger partial charge in [0.15, 0.2) is 0 Å². The zero-order chi connectivity index (χ0) is 25.8. The number of fused-ring (bicyclic) bond motifs is 4. The Hall–Kier alpha value is -2.25. The molecular weight excluding hydrogens is 488 g/mol. The largest absolute Gasteiger partial charge is 0.155 e. The molecule has 200 valence electrons. The van der Waals surface area contributed by atoms with Gasteiger partial charge < -0.3 is 0 Å². The third-order valence-electron chi connectivity index (χ3n) is 11.6. The predicted octanol–water partition coefficient (Wildman–Crippen LogP) is 10.8. The highest BCUT2D eigenvalue weighted by Crippen LogP contribution is 2.59. The normalized spacial score (nSPS) is 34.3. The van der Waals surface area contributed by atoms with E-state index in [4.69, 9.17) is 0 Å². The van der Waals surface area contributed by atoms with Gasteiger partial charge in [0.05, 0.1) is 0 Å². The maximum absolute atomic E-state index is 2.50. The summed E-state index contributed by atoms with van der Waals surface area (Å²) in [5.41, 5.74) is 3.30. The van der Waals surface area contributed by atoms with Gasteiger partial charge in [-0.25, -0.2) is 0 Å². The van der Waals surface area contributed by atoms with Crippen LogP contribution in [0.2, 0.25) is 0 Å². The Morgan fingerprint density at radius 1 is 0.410 bits per heavy atom. The lowest BCUT2D eigenvalue weighted by molar-refractivity contribution is 0.255. The van der Waals surface area contributed by atoms with Crippen LogP contribution in [0.1, 0.15) is 87.2 Å². The molecule has 0 bridgehead atoms. The van der Waals surface area contributed by atoms with E-state index in [9.17, 15) is 0 Å². The molecule has 4 aliphatic rings. The summed E-state index contributed by atoms with van der Waals surface area (Å²) in [5.74, 6) is 5.20. The fraction of sp³-hybridized carbons (Fsp3) is 0.474. The molecule has 0 heterocycles. The van der Waals surface area contributed by atoms with E-state index >= 15 is 0 Å². The molecule has 8 unspecified atom stereocenters. The Morgan fingerprint density at radius 3 is 1.38 bits per heavy atom. The zero-order valence-electron chi connectivity index (χ0n) is 23.2. The third kappa shape index (κ3) is 4.26. The lowest BCUT2D eigenvalue weighted by Crippen LogP contribution is -2.34. The summed E-state index contributed by atoms with van der Waals surface area (Å²) >= 11 is 2.50. The van der Waals surface area contributed by atoms with Crippen LogP contribution in [0.15, 0.2) is 84.9 Å². The zero-order valence-corrected chi connectivity index (χ0v) is 24.0. The minimum atomic E-state index is 0.769. The molecule has 1 heteroatoms. The molecule has 0 saturated heterocycles. The molecule has 0 radical (unpaired) electrons.